The van der Waals surface area contributed by atoms with Crippen molar-refractivity contribution < 1.29 is 0 Å². The van der Waals surface area contributed by atoms with Gasteiger partial charge in [0.2, 0.25) is 0 Å². The average Bonchev–Trinajstić information content (AvgIpc) is 2.34. The van der Waals surface area contributed by atoms with Crippen molar-refractivity contribution in [3.8, 4) is 0 Å². The van der Waals surface area contributed by atoms with Crippen LogP contribution in [0, 0.1) is 11.8 Å². The summed E-state index contributed by atoms with van der Waals surface area (Å²) in [6.45, 7) is 4.66. The summed E-state index contributed by atoms with van der Waals surface area (Å²) < 4.78 is 0. The van der Waals surface area contributed by atoms with Crippen LogP contribution in [0.2, 0.25) is 0 Å². The summed E-state index contributed by atoms with van der Waals surface area (Å²) >= 11 is 3.74. The number of rotatable bonds is 2. The van der Waals surface area contributed by atoms with Crippen molar-refractivity contribution in [1.29, 1.82) is 0 Å². The molecule has 0 heterocycles. The van der Waals surface area contributed by atoms with Crippen LogP contribution in [0.3, 0.4) is 0 Å². The molecule has 1 rings (SSSR count). The number of hydrogen-bond acceptors (Lipinski definition) is 0. The lowest BCUT2D eigenvalue weighted by atomic mass is 9.93. The second-order valence-corrected chi connectivity index (χ2v) is 4.67. The fourth-order valence-electron chi connectivity index (χ4n) is 2.01. The SMILES string of the molecule is CCC(Br)C1CCCC1C. The van der Waals surface area contributed by atoms with Gasteiger partial charge in [0.05, 0.1) is 0 Å². The maximum Gasteiger partial charge on any atom is 0.0174 e. The van der Waals surface area contributed by atoms with Gasteiger partial charge in [-0.3, -0.25) is 0 Å². The number of alkyl halides is 1. The zero-order chi connectivity index (χ0) is 7.56. The van der Waals surface area contributed by atoms with Gasteiger partial charge < -0.3 is 0 Å². The Morgan fingerprint density at radius 2 is 2.20 bits per heavy atom. The number of hydrogen-bond donors (Lipinski definition) is 0. The van der Waals surface area contributed by atoms with E-state index >= 15 is 0 Å². The first kappa shape index (κ1) is 8.58. The van der Waals surface area contributed by atoms with Crippen LogP contribution in [0.25, 0.3) is 0 Å². The Kier molecular flexibility index (Phi) is 3.22. The summed E-state index contributed by atoms with van der Waals surface area (Å²) in [5, 5.41) is 0. The average molecular weight is 205 g/mol. The topological polar surface area (TPSA) is 0 Å². The molecule has 0 saturated heterocycles. The van der Waals surface area contributed by atoms with Crippen LogP contribution in [0.5, 0.6) is 0 Å². The van der Waals surface area contributed by atoms with Crippen molar-refractivity contribution in [1.82, 2.24) is 0 Å². The minimum atomic E-state index is 0.782. The van der Waals surface area contributed by atoms with Crippen molar-refractivity contribution in [2.75, 3.05) is 0 Å². The Hall–Kier alpha value is 0.480. The van der Waals surface area contributed by atoms with Crippen molar-refractivity contribution in [2.45, 2.75) is 44.4 Å². The van der Waals surface area contributed by atoms with Crippen LogP contribution in [0.4, 0.5) is 0 Å². The monoisotopic (exact) mass is 204 g/mol. The molecule has 60 valence electrons. The predicted molar refractivity (Wildman–Crippen MR) is 49.5 cm³/mol. The van der Waals surface area contributed by atoms with E-state index in [1.165, 1.54) is 25.7 Å². The van der Waals surface area contributed by atoms with Crippen molar-refractivity contribution in [3.05, 3.63) is 0 Å². The van der Waals surface area contributed by atoms with Gasteiger partial charge in [-0.05, 0) is 24.7 Å². The van der Waals surface area contributed by atoms with Gasteiger partial charge in [0, 0.05) is 4.83 Å². The molecule has 0 spiro atoms. The first-order chi connectivity index (χ1) is 4.75. The van der Waals surface area contributed by atoms with Gasteiger partial charge in [-0.1, -0.05) is 42.6 Å². The fourth-order valence-corrected chi connectivity index (χ4v) is 2.80. The Morgan fingerprint density at radius 3 is 2.60 bits per heavy atom. The third kappa shape index (κ3) is 1.75. The Bertz CT molecular complexity index is 101. The molecule has 0 aromatic heterocycles. The molecule has 0 aliphatic heterocycles. The Morgan fingerprint density at radius 1 is 1.50 bits per heavy atom. The predicted octanol–water partition coefficient (Wildman–Crippen LogP) is 3.60. The van der Waals surface area contributed by atoms with Crippen molar-refractivity contribution in [2.24, 2.45) is 11.8 Å². The molecule has 1 aliphatic carbocycles. The summed E-state index contributed by atoms with van der Waals surface area (Å²) in [5.74, 6) is 1.93. The first-order valence-electron chi connectivity index (χ1n) is 4.39. The van der Waals surface area contributed by atoms with Gasteiger partial charge in [0.1, 0.15) is 0 Å². The van der Waals surface area contributed by atoms with Gasteiger partial charge in [0.15, 0.2) is 0 Å². The van der Waals surface area contributed by atoms with E-state index in [1.54, 1.807) is 0 Å². The highest BCUT2D eigenvalue weighted by Crippen LogP contribution is 2.37. The summed E-state index contributed by atoms with van der Waals surface area (Å²) in [5.41, 5.74) is 0. The zero-order valence-electron chi connectivity index (χ0n) is 6.94. The van der Waals surface area contributed by atoms with Crippen LogP contribution in [0.1, 0.15) is 39.5 Å². The lowest BCUT2D eigenvalue weighted by Gasteiger charge is -2.19. The Labute approximate surface area is 72.5 Å². The largest absolute Gasteiger partial charge is 0.0888 e. The summed E-state index contributed by atoms with van der Waals surface area (Å²) in [4.78, 5) is 0.782. The van der Waals surface area contributed by atoms with Crippen molar-refractivity contribution in [3.63, 3.8) is 0 Å². The fraction of sp³-hybridized carbons (Fsp3) is 1.00. The van der Waals surface area contributed by atoms with Crippen molar-refractivity contribution >= 4 is 15.9 Å². The Balaban J connectivity index is 2.38. The molecule has 3 atom stereocenters. The molecule has 1 fully saturated rings. The molecule has 0 aromatic carbocycles. The molecule has 0 N–H and O–H groups in total. The van der Waals surface area contributed by atoms with Gasteiger partial charge in [-0.2, -0.15) is 0 Å². The van der Waals surface area contributed by atoms with Gasteiger partial charge in [-0.25, -0.2) is 0 Å². The molecule has 0 nitrogen and oxygen atoms in total. The first-order valence-corrected chi connectivity index (χ1v) is 5.31. The molecule has 1 aliphatic rings. The molecule has 0 radical (unpaired) electrons. The molecular weight excluding hydrogens is 188 g/mol. The lowest BCUT2D eigenvalue weighted by Crippen LogP contribution is -2.15. The highest BCUT2D eigenvalue weighted by atomic mass is 79.9. The standard InChI is InChI=1S/C9H17Br/c1-3-9(10)8-6-4-5-7(8)2/h7-9H,3-6H2,1-2H3. The van der Waals surface area contributed by atoms with E-state index in [1.807, 2.05) is 0 Å². The minimum Gasteiger partial charge on any atom is -0.0888 e. The molecular formula is C9H17Br. The van der Waals surface area contributed by atoms with Gasteiger partial charge >= 0.3 is 0 Å². The van der Waals surface area contributed by atoms with Crippen LogP contribution < -0.4 is 0 Å². The molecule has 0 bridgehead atoms. The summed E-state index contributed by atoms with van der Waals surface area (Å²) in [7, 11) is 0. The number of halogens is 1. The summed E-state index contributed by atoms with van der Waals surface area (Å²) in [6.07, 6.45) is 5.64. The lowest BCUT2D eigenvalue weighted by molar-refractivity contribution is 0.403. The second-order valence-electron chi connectivity index (χ2n) is 3.50. The van der Waals surface area contributed by atoms with E-state index in [4.69, 9.17) is 0 Å². The molecule has 1 saturated carbocycles. The second kappa shape index (κ2) is 3.75. The van der Waals surface area contributed by atoms with E-state index in [2.05, 4.69) is 29.8 Å². The van der Waals surface area contributed by atoms with Gasteiger partial charge in [-0.15, -0.1) is 0 Å². The van der Waals surface area contributed by atoms with Crippen LogP contribution in [-0.4, -0.2) is 4.83 Å². The zero-order valence-corrected chi connectivity index (χ0v) is 8.52. The third-order valence-electron chi connectivity index (χ3n) is 2.78. The van der Waals surface area contributed by atoms with Crippen LogP contribution >= 0.6 is 15.9 Å². The molecule has 3 unspecified atom stereocenters. The quantitative estimate of drug-likeness (QED) is 0.604. The van der Waals surface area contributed by atoms with E-state index in [-0.39, 0.29) is 0 Å². The maximum absolute atomic E-state index is 3.74. The molecule has 0 aromatic rings. The highest BCUT2D eigenvalue weighted by molar-refractivity contribution is 9.09. The van der Waals surface area contributed by atoms with E-state index in [0.717, 1.165) is 16.7 Å². The molecule has 10 heavy (non-hydrogen) atoms. The smallest absolute Gasteiger partial charge is 0.0174 e. The highest BCUT2D eigenvalue weighted by Gasteiger charge is 2.27. The van der Waals surface area contributed by atoms with Gasteiger partial charge in [0.25, 0.3) is 0 Å². The summed E-state index contributed by atoms with van der Waals surface area (Å²) in [6, 6.07) is 0. The van der Waals surface area contributed by atoms with E-state index in [0.29, 0.717) is 0 Å². The third-order valence-corrected chi connectivity index (χ3v) is 4.11. The minimum absolute atomic E-state index is 0.782. The molecule has 1 heteroatoms. The van der Waals surface area contributed by atoms with E-state index in [9.17, 15) is 0 Å². The van der Waals surface area contributed by atoms with E-state index < -0.39 is 0 Å². The normalized spacial score (nSPS) is 36.3. The van der Waals surface area contributed by atoms with Crippen LogP contribution in [-0.2, 0) is 0 Å². The van der Waals surface area contributed by atoms with Crippen LogP contribution in [0.15, 0.2) is 0 Å². The maximum atomic E-state index is 3.74. The molecule has 0 amide bonds.